The second-order valence-corrected chi connectivity index (χ2v) is 7.14. The number of nitrogens with zero attached hydrogens (tertiary/aromatic N) is 2. The zero-order valence-electron chi connectivity index (χ0n) is 13.8. The average Bonchev–Trinajstić information content (AvgIpc) is 2.71. The lowest BCUT2D eigenvalue weighted by molar-refractivity contribution is 0.448. The maximum Gasteiger partial charge on any atom is 0.160 e. The Hall–Kier alpha value is -2.89. The lowest BCUT2D eigenvalue weighted by Gasteiger charge is -2.21. The highest BCUT2D eigenvalue weighted by atomic mass is 32.2. The standard InChI is InChI=1S/C21H15N3OS/c22-20(15-9-11-23-16-5-2-1-4-14(15)16)13-7-8-19-18(12-13)25-17-6-3-10-24-21(17)26-19/h1-12,20H,22H2. The minimum Gasteiger partial charge on any atom is -0.453 e. The summed E-state index contributed by atoms with van der Waals surface area (Å²) in [5.74, 6) is 1.60. The molecule has 2 N–H and O–H groups in total. The molecule has 2 aromatic heterocycles. The second-order valence-electron chi connectivity index (χ2n) is 6.11. The van der Waals surface area contributed by atoms with Gasteiger partial charge in [0.25, 0.3) is 0 Å². The molecule has 1 atom stereocenters. The van der Waals surface area contributed by atoms with Gasteiger partial charge in [-0.25, -0.2) is 4.98 Å². The van der Waals surface area contributed by atoms with E-state index in [1.807, 2.05) is 48.7 Å². The van der Waals surface area contributed by atoms with Gasteiger partial charge in [-0.1, -0.05) is 36.0 Å². The highest BCUT2D eigenvalue weighted by Crippen LogP contribution is 2.46. The first-order valence-corrected chi connectivity index (χ1v) is 9.15. The summed E-state index contributed by atoms with van der Waals surface area (Å²) >= 11 is 1.61. The summed E-state index contributed by atoms with van der Waals surface area (Å²) < 4.78 is 6.04. The lowest BCUT2D eigenvalue weighted by atomic mass is 9.96. The number of pyridine rings is 2. The van der Waals surface area contributed by atoms with Crippen LogP contribution in [0, 0.1) is 0 Å². The van der Waals surface area contributed by atoms with E-state index >= 15 is 0 Å². The largest absolute Gasteiger partial charge is 0.453 e. The number of hydrogen-bond acceptors (Lipinski definition) is 5. The van der Waals surface area contributed by atoms with Crippen LogP contribution in [0.3, 0.4) is 0 Å². The van der Waals surface area contributed by atoms with Gasteiger partial charge in [-0.05, 0) is 47.5 Å². The monoisotopic (exact) mass is 357 g/mol. The van der Waals surface area contributed by atoms with Gasteiger partial charge in [0.05, 0.1) is 16.5 Å². The molecular weight excluding hydrogens is 342 g/mol. The van der Waals surface area contributed by atoms with E-state index in [1.165, 1.54) is 0 Å². The summed E-state index contributed by atoms with van der Waals surface area (Å²) in [4.78, 5) is 9.83. The van der Waals surface area contributed by atoms with Gasteiger partial charge in [-0.2, -0.15) is 0 Å². The van der Waals surface area contributed by atoms with E-state index in [0.29, 0.717) is 0 Å². The highest BCUT2D eigenvalue weighted by Gasteiger charge is 2.21. The van der Waals surface area contributed by atoms with Crippen molar-refractivity contribution < 1.29 is 4.74 Å². The molecular formula is C21H15N3OS. The number of benzene rings is 2. The summed E-state index contributed by atoms with van der Waals surface area (Å²) in [6.07, 6.45) is 3.59. The topological polar surface area (TPSA) is 61.0 Å². The Morgan fingerprint density at radius 3 is 2.77 bits per heavy atom. The van der Waals surface area contributed by atoms with Crippen LogP contribution < -0.4 is 10.5 Å². The van der Waals surface area contributed by atoms with Crippen LogP contribution in [0.1, 0.15) is 17.2 Å². The Bertz CT molecular complexity index is 1120. The first-order chi connectivity index (χ1) is 12.8. The van der Waals surface area contributed by atoms with Crippen molar-refractivity contribution in [1.29, 1.82) is 0 Å². The van der Waals surface area contributed by atoms with Gasteiger partial charge < -0.3 is 10.5 Å². The number of aromatic nitrogens is 2. The van der Waals surface area contributed by atoms with Crippen LogP contribution in [-0.4, -0.2) is 9.97 Å². The maximum atomic E-state index is 6.61. The average molecular weight is 357 g/mol. The fraction of sp³-hybridized carbons (Fsp3) is 0.0476. The van der Waals surface area contributed by atoms with Crippen molar-refractivity contribution in [3.05, 3.63) is 84.2 Å². The minimum atomic E-state index is -0.253. The SMILES string of the molecule is NC(c1ccc2c(c1)Oc1cccnc1S2)c1ccnc2ccccc12. The molecule has 0 fully saturated rings. The van der Waals surface area contributed by atoms with Crippen molar-refractivity contribution in [2.24, 2.45) is 5.73 Å². The summed E-state index contributed by atoms with van der Waals surface area (Å²) in [6, 6.07) is 19.7. The van der Waals surface area contributed by atoms with Gasteiger partial charge in [-0.15, -0.1) is 0 Å². The van der Waals surface area contributed by atoms with E-state index in [-0.39, 0.29) is 6.04 Å². The van der Waals surface area contributed by atoms with Crippen molar-refractivity contribution in [3.63, 3.8) is 0 Å². The molecule has 0 radical (unpaired) electrons. The minimum absolute atomic E-state index is 0.253. The van der Waals surface area contributed by atoms with Crippen LogP contribution in [0.25, 0.3) is 10.9 Å². The van der Waals surface area contributed by atoms with E-state index in [4.69, 9.17) is 10.5 Å². The summed E-state index contributed by atoms with van der Waals surface area (Å²) in [5, 5.41) is 1.96. The molecule has 26 heavy (non-hydrogen) atoms. The Kier molecular flexibility index (Phi) is 3.62. The van der Waals surface area contributed by atoms with Crippen LogP contribution in [0.2, 0.25) is 0 Å². The van der Waals surface area contributed by atoms with E-state index in [9.17, 15) is 0 Å². The fourth-order valence-corrected chi connectivity index (χ4v) is 4.07. The van der Waals surface area contributed by atoms with Crippen LogP contribution >= 0.6 is 11.8 Å². The van der Waals surface area contributed by atoms with Crippen LogP contribution in [0.15, 0.2) is 83.0 Å². The number of nitrogens with two attached hydrogens (primary N) is 1. The van der Waals surface area contributed by atoms with E-state index in [1.54, 1.807) is 18.0 Å². The molecule has 5 rings (SSSR count). The van der Waals surface area contributed by atoms with E-state index in [2.05, 4.69) is 28.2 Å². The molecule has 1 aliphatic rings. The first-order valence-electron chi connectivity index (χ1n) is 8.33. The first kappa shape index (κ1) is 15.4. The van der Waals surface area contributed by atoms with Crippen molar-refractivity contribution >= 4 is 22.7 Å². The summed E-state index contributed by atoms with van der Waals surface area (Å²) in [5.41, 5.74) is 9.62. The third-order valence-corrected chi connectivity index (χ3v) is 5.56. The van der Waals surface area contributed by atoms with Crippen LogP contribution in [-0.2, 0) is 0 Å². The number of ether oxygens (including phenoxy) is 1. The molecule has 2 aromatic carbocycles. The Morgan fingerprint density at radius 1 is 0.885 bits per heavy atom. The predicted molar refractivity (Wildman–Crippen MR) is 103 cm³/mol. The number of rotatable bonds is 2. The third-order valence-electron chi connectivity index (χ3n) is 4.51. The molecule has 4 nitrogen and oxygen atoms in total. The quantitative estimate of drug-likeness (QED) is 0.485. The lowest BCUT2D eigenvalue weighted by Crippen LogP contribution is -2.13. The highest BCUT2D eigenvalue weighted by molar-refractivity contribution is 7.99. The van der Waals surface area contributed by atoms with Crippen LogP contribution in [0.5, 0.6) is 11.5 Å². The predicted octanol–water partition coefficient (Wildman–Crippen LogP) is 4.93. The number of fused-ring (bicyclic) bond motifs is 3. The van der Waals surface area contributed by atoms with Gasteiger partial charge >= 0.3 is 0 Å². The molecule has 1 aliphatic heterocycles. The Balaban J connectivity index is 1.55. The summed E-state index contributed by atoms with van der Waals surface area (Å²) in [7, 11) is 0. The molecule has 1 unspecified atom stereocenters. The number of hydrogen-bond donors (Lipinski definition) is 1. The van der Waals surface area contributed by atoms with E-state index in [0.717, 1.165) is 43.5 Å². The Labute approximate surface area is 155 Å². The van der Waals surface area contributed by atoms with E-state index < -0.39 is 0 Å². The Morgan fingerprint density at radius 2 is 1.81 bits per heavy atom. The van der Waals surface area contributed by atoms with Crippen molar-refractivity contribution in [3.8, 4) is 11.5 Å². The molecule has 126 valence electrons. The molecule has 0 spiro atoms. The molecule has 0 bridgehead atoms. The molecule has 3 heterocycles. The van der Waals surface area contributed by atoms with Gasteiger partial charge in [0.15, 0.2) is 5.75 Å². The normalized spacial score (nSPS) is 13.6. The van der Waals surface area contributed by atoms with Gasteiger partial charge in [0.2, 0.25) is 0 Å². The zero-order valence-corrected chi connectivity index (χ0v) is 14.6. The molecule has 5 heteroatoms. The molecule has 4 aromatic rings. The molecule has 0 saturated carbocycles. The second kappa shape index (κ2) is 6.12. The van der Waals surface area contributed by atoms with Gasteiger partial charge in [0.1, 0.15) is 10.8 Å². The number of para-hydroxylation sites is 1. The third kappa shape index (κ3) is 2.53. The van der Waals surface area contributed by atoms with Crippen molar-refractivity contribution in [2.45, 2.75) is 16.0 Å². The smallest absolute Gasteiger partial charge is 0.160 e. The maximum absolute atomic E-state index is 6.61. The van der Waals surface area contributed by atoms with Crippen molar-refractivity contribution in [1.82, 2.24) is 9.97 Å². The van der Waals surface area contributed by atoms with Gasteiger partial charge in [-0.3, -0.25) is 4.98 Å². The molecule has 0 aliphatic carbocycles. The fourth-order valence-electron chi connectivity index (χ4n) is 3.20. The summed E-state index contributed by atoms with van der Waals surface area (Å²) in [6.45, 7) is 0. The molecule has 0 amide bonds. The zero-order chi connectivity index (χ0) is 17.5. The van der Waals surface area contributed by atoms with Gasteiger partial charge in [0, 0.05) is 17.8 Å². The van der Waals surface area contributed by atoms with Crippen LogP contribution in [0.4, 0.5) is 0 Å². The van der Waals surface area contributed by atoms with Crippen molar-refractivity contribution in [2.75, 3.05) is 0 Å². The molecule has 0 saturated heterocycles.